The number of carbonyl (C=O) groups excluding carboxylic acids is 1. The molecule has 2 heterocycles. The van der Waals surface area contributed by atoms with Gasteiger partial charge in [-0.25, -0.2) is 0 Å². The van der Waals surface area contributed by atoms with Gasteiger partial charge in [-0.1, -0.05) is 24.3 Å². The Hall–Kier alpha value is -1.66. The molecule has 1 aliphatic rings. The third-order valence-corrected chi connectivity index (χ3v) is 5.14. The molecule has 2 aromatic rings. The highest BCUT2D eigenvalue weighted by Crippen LogP contribution is 2.19. The summed E-state index contributed by atoms with van der Waals surface area (Å²) in [5.74, 6) is 0.0182. The molecule has 0 N–H and O–H groups in total. The lowest BCUT2D eigenvalue weighted by atomic mass is 10.1. The topological polar surface area (TPSA) is 41.4 Å². The molecule has 5 nitrogen and oxygen atoms in total. The fourth-order valence-electron chi connectivity index (χ4n) is 2.99. The molecule has 0 spiro atoms. The van der Waals surface area contributed by atoms with Gasteiger partial charge in [0.05, 0.1) is 4.47 Å². The predicted octanol–water partition coefficient (Wildman–Crippen LogP) is 2.93. The highest BCUT2D eigenvalue weighted by atomic mass is 79.9. The van der Waals surface area contributed by atoms with E-state index in [1.807, 2.05) is 18.0 Å². The van der Waals surface area contributed by atoms with Gasteiger partial charge in [0.1, 0.15) is 0 Å². The zero-order valence-corrected chi connectivity index (χ0v) is 15.8. The van der Waals surface area contributed by atoms with Crippen molar-refractivity contribution < 1.29 is 4.79 Å². The van der Waals surface area contributed by atoms with Gasteiger partial charge in [0.25, 0.3) is 5.91 Å². The fraction of sp³-hybridized carbons (Fsp3) is 0.444. The first-order valence-electron chi connectivity index (χ1n) is 8.37. The molecule has 0 atom stereocenters. The molecule has 0 saturated carbocycles. The Morgan fingerprint density at radius 2 is 1.92 bits per heavy atom. The molecule has 6 heteroatoms. The van der Waals surface area contributed by atoms with Crippen LogP contribution in [-0.4, -0.2) is 51.7 Å². The maximum absolute atomic E-state index is 12.7. The number of hydrogen-bond acceptors (Lipinski definition) is 3. The van der Waals surface area contributed by atoms with Crippen molar-refractivity contribution in [2.75, 3.05) is 26.2 Å². The molecule has 0 radical (unpaired) electrons. The smallest absolute Gasteiger partial charge is 0.275 e. The minimum Gasteiger partial charge on any atom is -0.335 e. The van der Waals surface area contributed by atoms with Gasteiger partial charge in [-0.15, -0.1) is 0 Å². The van der Waals surface area contributed by atoms with Crippen LogP contribution in [0, 0.1) is 6.92 Å². The van der Waals surface area contributed by atoms with Crippen LogP contribution in [0.3, 0.4) is 0 Å². The molecule has 3 rings (SSSR count). The van der Waals surface area contributed by atoms with E-state index < -0.39 is 0 Å². The van der Waals surface area contributed by atoms with Gasteiger partial charge in [0.15, 0.2) is 5.69 Å². The van der Waals surface area contributed by atoms with Crippen molar-refractivity contribution in [2.45, 2.75) is 26.9 Å². The summed E-state index contributed by atoms with van der Waals surface area (Å²) in [7, 11) is 0. The van der Waals surface area contributed by atoms with Crippen molar-refractivity contribution in [2.24, 2.45) is 0 Å². The van der Waals surface area contributed by atoms with Crippen LogP contribution in [0.5, 0.6) is 0 Å². The van der Waals surface area contributed by atoms with E-state index in [9.17, 15) is 4.79 Å². The molecule has 0 aliphatic carbocycles. The summed E-state index contributed by atoms with van der Waals surface area (Å²) in [6, 6.07) is 8.49. The van der Waals surface area contributed by atoms with Gasteiger partial charge in [-0.2, -0.15) is 5.10 Å². The van der Waals surface area contributed by atoms with Gasteiger partial charge in [-0.3, -0.25) is 14.4 Å². The Balaban J connectivity index is 1.59. The van der Waals surface area contributed by atoms with Crippen molar-refractivity contribution in [1.29, 1.82) is 0 Å². The van der Waals surface area contributed by atoms with Crippen LogP contribution in [-0.2, 0) is 13.1 Å². The number of hydrogen-bond donors (Lipinski definition) is 0. The lowest BCUT2D eigenvalue weighted by molar-refractivity contribution is 0.0620. The van der Waals surface area contributed by atoms with Crippen LogP contribution in [0.15, 0.2) is 34.9 Å². The SMILES string of the molecule is CCn1cc(Br)c(C(=O)N2CCN(Cc3ccccc3C)CC2)n1. The Labute approximate surface area is 151 Å². The monoisotopic (exact) mass is 390 g/mol. The van der Waals surface area contributed by atoms with Crippen LogP contribution in [0.2, 0.25) is 0 Å². The van der Waals surface area contributed by atoms with E-state index in [0.717, 1.165) is 43.7 Å². The summed E-state index contributed by atoms with van der Waals surface area (Å²) in [6.45, 7) is 9.15. The molecule has 24 heavy (non-hydrogen) atoms. The van der Waals surface area contributed by atoms with Gasteiger partial charge in [0, 0.05) is 45.5 Å². The molecule has 1 aromatic carbocycles. The summed E-state index contributed by atoms with van der Waals surface area (Å²) in [5.41, 5.74) is 3.20. The number of carbonyl (C=O) groups is 1. The van der Waals surface area contributed by atoms with Crippen molar-refractivity contribution >= 4 is 21.8 Å². The first kappa shape index (κ1) is 17.2. The zero-order chi connectivity index (χ0) is 17.1. The van der Waals surface area contributed by atoms with E-state index in [-0.39, 0.29) is 5.91 Å². The first-order valence-corrected chi connectivity index (χ1v) is 9.17. The minimum absolute atomic E-state index is 0.0182. The van der Waals surface area contributed by atoms with Crippen LogP contribution in [0.1, 0.15) is 28.5 Å². The maximum atomic E-state index is 12.7. The van der Waals surface area contributed by atoms with E-state index in [1.165, 1.54) is 11.1 Å². The van der Waals surface area contributed by atoms with Gasteiger partial charge < -0.3 is 4.90 Å². The van der Waals surface area contributed by atoms with Crippen LogP contribution in [0.4, 0.5) is 0 Å². The molecular formula is C18H23BrN4O. The molecule has 128 valence electrons. The second kappa shape index (κ2) is 7.49. The number of rotatable bonds is 4. The summed E-state index contributed by atoms with van der Waals surface area (Å²) in [6.07, 6.45) is 1.86. The molecular weight excluding hydrogens is 368 g/mol. The molecule has 1 aliphatic heterocycles. The molecule has 1 fully saturated rings. The summed E-state index contributed by atoms with van der Waals surface area (Å²) >= 11 is 3.45. The Kier molecular flexibility index (Phi) is 5.36. The number of halogens is 1. The largest absolute Gasteiger partial charge is 0.335 e. The number of benzene rings is 1. The second-order valence-electron chi connectivity index (χ2n) is 6.18. The second-order valence-corrected chi connectivity index (χ2v) is 7.03. The Bertz CT molecular complexity index is 720. The van der Waals surface area contributed by atoms with E-state index >= 15 is 0 Å². The lowest BCUT2D eigenvalue weighted by Crippen LogP contribution is -2.48. The summed E-state index contributed by atoms with van der Waals surface area (Å²) < 4.78 is 2.56. The van der Waals surface area contributed by atoms with E-state index in [4.69, 9.17) is 0 Å². The minimum atomic E-state index is 0.0182. The molecule has 0 unspecified atom stereocenters. The standard InChI is InChI=1S/C18H23BrN4O/c1-3-23-13-16(19)17(20-23)18(24)22-10-8-21(9-11-22)12-15-7-5-4-6-14(15)2/h4-7,13H,3,8-12H2,1-2H3. The first-order chi connectivity index (χ1) is 11.6. The number of aromatic nitrogens is 2. The highest BCUT2D eigenvalue weighted by molar-refractivity contribution is 9.10. The lowest BCUT2D eigenvalue weighted by Gasteiger charge is -2.34. The fourth-order valence-corrected chi connectivity index (χ4v) is 3.48. The van der Waals surface area contributed by atoms with Gasteiger partial charge in [0.2, 0.25) is 0 Å². The van der Waals surface area contributed by atoms with Crippen molar-refractivity contribution in [1.82, 2.24) is 19.6 Å². The van der Waals surface area contributed by atoms with Crippen molar-refractivity contribution in [3.8, 4) is 0 Å². The van der Waals surface area contributed by atoms with E-state index in [0.29, 0.717) is 5.69 Å². The molecule has 0 bridgehead atoms. The van der Waals surface area contributed by atoms with Gasteiger partial charge >= 0.3 is 0 Å². The Morgan fingerprint density at radius 1 is 1.21 bits per heavy atom. The number of piperazine rings is 1. The number of amides is 1. The molecule has 1 saturated heterocycles. The van der Waals surface area contributed by atoms with Crippen LogP contribution >= 0.6 is 15.9 Å². The molecule has 1 amide bonds. The van der Waals surface area contributed by atoms with Crippen molar-refractivity contribution in [3.63, 3.8) is 0 Å². The predicted molar refractivity (Wildman–Crippen MR) is 98.0 cm³/mol. The quantitative estimate of drug-likeness (QED) is 0.805. The highest BCUT2D eigenvalue weighted by Gasteiger charge is 2.25. The van der Waals surface area contributed by atoms with Crippen LogP contribution in [0.25, 0.3) is 0 Å². The maximum Gasteiger partial charge on any atom is 0.275 e. The number of aryl methyl sites for hydroxylation is 2. The number of nitrogens with zero attached hydrogens (tertiary/aromatic N) is 4. The van der Waals surface area contributed by atoms with Crippen molar-refractivity contribution in [3.05, 3.63) is 51.8 Å². The molecule has 1 aromatic heterocycles. The van der Waals surface area contributed by atoms with E-state index in [2.05, 4.69) is 57.1 Å². The summed E-state index contributed by atoms with van der Waals surface area (Å²) in [4.78, 5) is 17.0. The third kappa shape index (κ3) is 3.70. The zero-order valence-electron chi connectivity index (χ0n) is 14.2. The third-order valence-electron chi connectivity index (χ3n) is 4.56. The van der Waals surface area contributed by atoms with Crippen LogP contribution < -0.4 is 0 Å². The Morgan fingerprint density at radius 3 is 2.54 bits per heavy atom. The summed E-state index contributed by atoms with van der Waals surface area (Å²) in [5, 5.41) is 4.37. The van der Waals surface area contributed by atoms with E-state index in [1.54, 1.807) is 4.68 Å². The normalized spacial score (nSPS) is 15.7. The average Bonchev–Trinajstić information content (AvgIpc) is 2.98. The van der Waals surface area contributed by atoms with Gasteiger partial charge in [-0.05, 0) is 40.9 Å². The average molecular weight is 391 g/mol.